The first-order valence-electron chi connectivity index (χ1n) is 18.7. The molecule has 0 atom stereocenters. The highest BCUT2D eigenvalue weighted by molar-refractivity contribution is 6.26. The molecule has 0 aliphatic carbocycles. The van der Waals surface area contributed by atoms with Crippen molar-refractivity contribution in [2.45, 2.75) is 0 Å². The Morgan fingerprint density at radius 3 is 0.945 bits per heavy atom. The minimum absolute atomic E-state index is 0.491. The molecule has 0 fully saturated rings. The van der Waals surface area contributed by atoms with Gasteiger partial charge in [-0.3, -0.25) is 0 Å². The third-order valence-electron chi connectivity index (χ3n) is 11.8. The summed E-state index contributed by atoms with van der Waals surface area (Å²) in [7, 11) is 0. The Kier molecular flexibility index (Phi) is 5.57. The molecule has 8 aromatic carbocycles. The van der Waals surface area contributed by atoms with Crippen molar-refractivity contribution in [3.63, 3.8) is 0 Å². The molecule has 0 aliphatic rings. The lowest BCUT2D eigenvalue weighted by molar-refractivity contribution is 0.585. The Labute approximate surface area is 313 Å². The van der Waals surface area contributed by atoms with Gasteiger partial charge in [0.1, 0.15) is 0 Å². The summed E-state index contributed by atoms with van der Waals surface area (Å²) in [6.45, 7) is 0. The molecule has 0 spiro atoms. The van der Waals surface area contributed by atoms with Crippen LogP contribution in [-0.2, 0) is 0 Å². The van der Waals surface area contributed by atoms with Gasteiger partial charge in [0.05, 0.1) is 33.1 Å². The molecule has 13 rings (SSSR count). The SMILES string of the molecule is c1ccc(-c2nnc(-c3ccccc3-c3cc4c5ccccc5n5c6ccccc6c(c3)c45)o2)c(-c2cc3c4ccccc4n4c5ccccc5c(c2)c34)c1. The van der Waals surface area contributed by atoms with E-state index in [2.05, 4.69) is 167 Å². The minimum Gasteiger partial charge on any atom is -0.416 e. The van der Waals surface area contributed by atoms with E-state index in [1.165, 1.54) is 76.2 Å². The molecule has 0 unspecified atom stereocenters. The second-order valence-corrected chi connectivity index (χ2v) is 14.6. The molecule has 0 aliphatic heterocycles. The largest absolute Gasteiger partial charge is 0.416 e. The van der Waals surface area contributed by atoms with Crippen LogP contribution in [0.25, 0.3) is 121 Å². The maximum atomic E-state index is 6.68. The average molecular weight is 701 g/mol. The highest BCUT2D eigenvalue weighted by Gasteiger charge is 2.23. The topological polar surface area (TPSA) is 47.7 Å². The summed E-state index contributed by atoms with van der Waals surface area (Å²) < 4.78 is 11.5. The van der Waals surface area contributed by atoms with Gasteiger partial charge in [-0.25, -0.2) is 0 Å². The number of hydrogen-bond acceptors (Lipinski definition) is 3. The molecule has 5 aromatic heterocycles. The number of aromatic nitrogens is 4. The highest BCUT2D eigenvalue weighted by atomic mass is 16.4. The van der Waals surface area contributed by atoms with Crippen LogP contribution < -0.4 is 0 Å². The van der Waals surface area contributed by atoms with Crippen LogP contribution in [0.1, 0.15) is 0 Å². The average Bonchev–Trinajstić information content (AvgIpc) is 4.07. The Morgan fingerprint density at radius 1 is 0.309 bits per heavy atom. The van der Waals surface area contributed by atoms with Crippen LogP contribution in [-0.4, -0.2) is 19.0 Å². The van der Waals surface area contributed by atoms with Gasteiger partial charge in [0.2, 0.25) is 11.8 Å². The van der Waals surface area contributed by atoms with Crippen LogP contribution in [0.5, 0.6) is 0 Å². The van der Waals surface area contributed by atoms with Crippen LogP contribution in [0.3, 0.4) is 0 Å². The number of fused-ring (bicyclic) bond motifs is 12. The third-order valence-corrected chi connectivity index (χ3v) is 11.8. The molecule has 5 heterocycles. The van der Waals surface area contributed by atoms with Crippen LogP contribution in [0.2, 0.25) is 0 Å². The number of nitrogens with zero attached hydrogens (tertiary/aromatic N) is 4. The number of rotatable bonds is 4. The smallest absolute Gasteiger partial charge is 0.248 e. The first-order valence-corrected chi connectivity index (χ1v) is 18.7. The molecular formula is C50H28N4O. The molecule has 13 aromatic rings. The summed E-state index contributed by atoms with van der Waals surface area (Å²) in [6.07, 6.45) is 0. The monoisotopic (exact) mass is 700 g/mol. The van der Waals surface area contributed by atoms with Crippen molar-refractivity contribution >= 4 is 76.2 Å². The van der Waals surface area contributed by atoms with E-state index in [4.69, 9.17) is 14.6 Å². The van der Waals surface area contributed by atoms with E-state index in [9.17, 15) is 0 Å². The zero-order chi connectivity index (χ0) is 35.8. The van der Waals surface area contributed by atoms with Gasteiger partial charge in [-0.2, -0.15) is 0 Å². The summed E-state index contributed by atoms with van der Waals surface area (Å²) in [5, 5.41) is 19.3. The molecular weight excluding hydrogens is 673 g/mol. The second kappa shape index (κ2) is 10.6. The number of hydrogen-bond donors (Lipinski definition) is 0. The summed E-state index contributed by atoms with van der Waals surface area (Å²) in [6, 6.07) is 60.8. The fourth-order valence-corrected chi connectivity index (χ4v) is 9.49. The molecule has 5 nitrogen and oxygen atoms in total. The van der Waals surface area contributed by atoms with Gasteiger partial charge in [-0.05, 0) is 82.9 Å². The number of para-hydroxylation sites is 4. The molecule has 0 saturated carbocycles. The van der Waals surface area contributed by atoms with Gasteiger partial charge < -0.3 is 13.2 Å². The van der Waals surface area contributed by atoms with E-state index >= 15 is 0 Å². The van der Waals surface area contributed by atoms with Gasteiger partial charge in [0, 0.05) is 54.2 Å². The first-order chi connectivity index (χ1) is 27.3. The lowest BCUT2D eigenvalue weighted by atomic mass is 9.95. The maximum absolute atomic E-state index is 6.68. The van der Waals surface area contributed by atoms with E-state index in [1.807, 2.05) is 12.1 Å². The number of benzene rings is 8. The van der Waals surface area contributed by atoms with Gasteiger partial charge in [-0.15, -0.1) is 10.2 Å². The summed E-state index contributed by atoms with van der Waals surface area (Å²) >= 11 is 0. The second-order valence-electron chi connectivity index (χ2n) is 14.6. The van der Waals surface area contributed by atoms with Crippen molar-refractivity contribution in [2.75, 3.05) is 0 Å². The van der Waals surface area contributed by atoms with Crippen LogP contribution in [0.4, 0.5) is 0 Å². The fourth-order valence-electron chi connectivity index (χ4n) is 9.49. The molecule has 0 N–H and O–H groups in total. The van der Waals surface area contributed by atoms with Gasteiger partial charge in [-0.1, -0.05) is 109 Å². The van der Waals surface area contributed by atoms with E-state index in [0.717, 1.165) is 33.4 Å². The van der Waals surface area contributed by atoms with Crippen molar-refractivity contribution in [2.24, 2.45) is 0 Å². The van der Waals surface area contributed by atoms with Crippen molar-refractivity contribution in [1.82, 2.24) is 19.0 Å². The molecule has 0 radical (unpaired) electrons. The van der Waals surface area contributed by atoms with Crippen LogP contribution in [0.15, 0.2) is 174 Å². The molecule has 0 saturated heterocycles. The maximum Gasteiger partial charge on any atom is 0.248 e. The van der Waals surface area contributed by atoms with Crippen LogP contribution >= 0.6 is 0 Å². The lowest BCUT2D eigenvalue weighted by Gasteiger charge is -2.09. The summed E-state index contributed by atoms with van der Waals surface area (Å²) in [4.78, 5) is 0. The highest BCUT2D eigenvalue weighted by Crippen LogP contribution is 2.45. The standard InChI is InChI=1S/C50H28N4O/c1-3-19-37(31(13-1)29-25-39-33-15-5-9-21-43(33)53-44-22-10-6-16-34(44)40(26-29)47(39)53)49-51-52-50(55-49)38-20-4-2-14-32(38)30-27-41-35-17-7-11-23-45(35)54-46-24-12-8-18-36(46)42(28-30)48(41)54/h1-28H. The van der Waals surface area contributed by atoms with E-state index in [1.54, 1.807) is 0 Å². The van der Waals surface area contributed by atoms with E-state index < -0.39 is 0 Å². The Balaban J connectivity index is 0.984. The molecule has 0 bridgehead atoms. The van der Waals surface area contributed by atoms with Crippen LogP contribution in [0, 0.1) is 0 Å². The van der Waals surface area contributed by atoms with E-state index in [0.29, 0.717) is 11.8 Å². The fraction of sp³-hybridized carbons (Fsp3) is 0. The summed E-state index contributed by atoms with van der Waals surface area (Å²) in [5.41, 5.74) is 13.5. The van der Waals surface area contributed by atoms with Crippen molar-refractivity contribution in [1.29, 1.82) is 0 Å². The predicted octanol–water partition coefficient (Wildman–Crippen LogP) is 13.0. The third kappa shape index (κ3) is 3.81. The van der Waals surface area contributed by atoms with E-state index in [-0.39, 0.29) is 0 Å². The van der Waals surface area contributed by atoms with Crippen molar-refractivity contribution in [3.05, 3.63) is 170 Å². The first kappa shape index (κ1) is 29.0. The van der Waals surface area contributed by atoms with Gasteiger partial charge in [0.15, 0.2) is 0 Å². The Bertz CT molecular complexity index is 3270. The van der Waals surface area contributed by atoms with Gasteiger partial charge >= 0.3 is 0 Å². The minimum atomic E-state index is 0.491. The molecule has 0 amide bonds. The molecule has 254 valence electrons. The van der Waals surface area contributed by atoms with Crippen molar-refractivity contribution < 1.29 is 4.42 Å². The Hall–Kier alpha value is -7.50. The molecule has 55 heavy (non-hydrogen) atoms. The Morgan fingerprint density at radius 2 is 0.600 bits per heavy atom. The molecule has 5 heteroatoms. The van der Waals surface area contributed by atoms with Crippen molar-refractivity contribution in [3.8, 4) is 45.2 Å². The quantitative estimate of drug-likeness (QED) is 0.184. The zero-order valence-corrected chi connectivity index (χ0v) is 29.4. The zero-order valence-electron chi connectivity index (χ0n) is 29.4. The predicted molar refractivity (Wildman–Crippen MR) is 225 cm³/mol. The van der Waals surface area contributed by atoms with Gasteiger partial charge in [0.25, 0.3) is 0 Å². The summed E-state index contributed by atoms with van der Waals surface area (Å²) in [5.74, 6) is 0.983. The lowest BCUT2D eigenvalue weighted by Crippen LogP contribution is -1.86. The normalized spacial score (nSPS) is 12.4.